The largest absolute Gasteiger partial charge is 0.480 e. The summed E-state index contributed by atoms with van der Waals surface area (Å²) in [6.45, 7) is 5.91. The zero-order valence-corrected chi connectivity index (χ0v) is 17.0. The van der Waals surface area contributed by atoms with Crippen LogP contribution in [0.3, 0.4) is 0 Å². The van der Waals surface area contributed by atoms with Crippen LogP contribution in [0.1, 0.15) is 25.3 Å². The topological polar surface area (TPSA) is 125 Å². The van der Waals surface area contributed by atoms with Crippen LogP contribution in [0.25, 0.3) is 11.2 Å². The molecule has 0 saturated carbocycles. The molecule has 0 fully saturated rings. The van der Waals surface area contributed by atoms with Crippen molar-refractivity contribution in [1.29, 1.82) is 0 Å². The van der Waals surface area contributed by atoms with Crippen LogP contribution in [-0.4, -0.2) is 44.6 Å². The summed E-state index contributed by atoms with van der Waals surface area (Å²) >= 11 is 0. The van der Waals surface area contributed by atoms with Crippen molar-refractivity contribution in [3.63, 3.8) is 0 Å². The molecule has 150 valence electrons. The zero-order chi connectivity index (χ0) is 20.3. The SMILES string of the molecule is CCCCOc1nc(N)c2nc(O)n(Cc3cccc(OP(C)(C)=O)c3)c2n1. The molecule has 0 spiro atoms. The Hall–Kier alpha value is -2.80. The third-order valence-corrected chi connectivity index (χ3v) is 4.52. The Kier molecular flexibility index (Phi) is 5.74. The molecule has 0 aliphatic carbocycles. The van der Waals surface area contributed by atoms with E-state index in [2.05, 4.69) is 21.9 Å². The molecule has 2 aromatic heterocycles. The van der Waals surface area contributed by atoms with Gasteiger partial charge in [-0.3, -0.25) is 9.13 Å². The van der Waals surface area contributed by atoms with Gasteiger partial charge in [0.1, 0.15) is 5.75 Å². The number of rotatable bonds is 8. The number of anilines is 1. The Balaban J connectivity index is 1.93. The van der Waals surface area contributed by atoms with Crippen LogP contribution in [-0.2, 0) is 11.1 Å². The highest BCUT2D eigenvalue weighted by molar-refractivity contribution is 7.57. The van der Waals surface area contributed by atoms with Crippen LogP contribution >= 0.6 is 7.37 Å². The van der Waals surface area contributed by atoms with E-state index < -0.39 is 7.37 Å². The second-order valence-corrected chi connectivity index (χ2v) is 9.44. The number of nitrogens with zero attached hydrogens (tertiary/aromatic N) is 4. The summed E-state index contributed by atoms with van der Waals surface area (Å²) in [6, 6.07) is 7.05. The van der Waals surface area contributed by atoms with Gasteiger partial charge in [-0.1, -0.05) is 25.5 Å². The maximum Gasteiger partial charge on any atom is 0.320 e. The molecular formula is C18H24N5O4P. The number of ether oxygens (including phenoxy) is 1. The molecule has 0 aliphatic heterocycles. The lowest BCUT2D eigenvalue weighted by Gasteiger charge is -2.12. The summed E-state index contributed by atoms with van der Waals surface area (Å²) in [6.07, 6.45) is 1.86. The van der Waals surface area contributed by atoms with Crippen molar-refractivity contribution in [2.45, 2.75) is 26.3 Å². The van der Waals surface area contributed by atoms with Gasteiger partial charge in [0.05, 0.1) is 13.2 Å². The molecule has 0 saturated heterocycles. The fourth-order valence-corrected chi connectivity index (χ4v) is 3.27. The van der Waals surface area contributed by atoms with E-state index in [0.29, 0.717) is 23.5 Å². The minimum atomic E-state index is -2.68. The lowest BCUT2D eigenvalue weighted by atomic mass is 10.2. The Morgan fingerprint density at radius 1 is 1.25 bits per heavy atom. The zero-order valence-electron chi connectivity index (χ0n) is 16.1. The van der Waals surface area contributed by atoms with E-state index in [1.807, 2.05) is 6.07 Å². The predicted molar refractivity (Wildman–Crippen MR) is 107 cm³/mol. The first kappa shape index (κ1) is 19.9. The third-order valence-electron chi connectivity index (χ3n) is 3.87. The maximum absolute atomic E-state index is 11.9. The van der Waals surface area contributed by atoms with E-state index in [1.54, 1.807) is 31.5 Å². The number of nitrogen functional groups attached to an aromatic ring is 1. The van der Waals surface area contributed by atoms with Crippen LogP contribution < -0.4 is 15.0 Å². The van der Waals surface area contributed by atoms with Gasteiger partial charge in [-0.05, 0) is 24.1 Å². The maximum atomic E-state index is 11.9. The Morgan fingerprint density at radius 3 is 2.75 bits per heavy atom. The van der Waals surface area contributed by atoms with Gasteiger partial charge in [-0.25, -0.2) is 0 Å². The molecular weight excluding hydrogens is 381 g/mol. The second kappa shape index (κ2) is 8.06. The van der Waals surface area contributed by atoms with Gasteiger partial charge in [0, 0.05) is 13.3 Å². The number of hydrogen-bond acceptors (Lipinski definition) is 8. The van der Waals surface area contributed by atoms with Crippen LogP contribution in [0.4, 0.5) is 5.82 Å². The average Bonchev–Trinajstić information content (AvgIpc) is 2.91. The molecule has 1 aromatic carbocycles. The van der Waals surface area contributed by atoms with Crippen LogP contribution in [0.2, 0.25) is 0 Å². The summed E-state index contributed by atoms with van der Waals surface area (Å²) in [4.78, 5) is 12.5. The first-order valence-corrected chi connectivity index (χ1v) is 11.5. The molecule has 0 aliphatic rings. The Bertz CT molecular complexity index is 1030. The van der Waals surface area contributed by atoms with Crippen LogP contribution in [0, 0.1) is 0 Å². The fourth-order valence-electron chi connectivity index (χ4n) is 2.64. The Morgan fingerprint density at radius 2 is 2.04 bits per heavy atom. The lowest BCUT2D eigenvalue weighted by Crippen LogP contribution is -2.06. The van der Waals surface area contributed by atoms with Crippen molar-refractivity contribution in [2.75, 3.05) is 25.7 Å². The number of aromatic hydroxyl groups is 1. The van der Waals surface area contributed by atoms with E-state index in [9.17, 15) is 9.67 Å². The van der Waals surface area contributed by atoms with E-state index >= 15 is 0 Å². The van der Waals surface area contributed by atoms with E-state index in [-0.39, 0.29) is 24.4 Å². The van der Waals surface area contributed by atoms with Crippen molar-refractivity contribution in [1.82, 2.24) is 19.5 Å². The molecule has 2 heterocycles. The molecule has 9 nitrogen and oxygen atoms in total. The Labute approximate surface area is 163 Å². The van der Waals surface area contributed by atoms with Crippen LogP contribution in [0.5, 0.6) is 17.8 Å². The highest BCUT2D eigenvalue weighted by atomic mass is 31.2. The van der Waals surface area contributed by atoms with Gasteiger partial charge in [-0.2, -0.15) is 15.0 Å². The molecule has 10 heteroatoms. The lowest BCUT2D eigenvalue weighted by molar-refractivity contribution is 0.286. The van der Waals surface area contributed by atoms with Crippen molar-refractivity contribution < 1.29 is 18.9 Å². The second-order valence-electron chi connectivity index (χ2n) is 6.75. The van der Waals surface area contributed by atoms with Crippen molar-refractivity contribution in [3.8, 4) is 17.8 Å². The number of benzene rings is 1. The van der Waals surface area contributed by atoms with Crippen molar-refractivity contribution >= 4 is 24.4 Å². The standard InChI is InChI=1S/C18H24N5O4P/c1-4-5-9-26-17-21-15(19)14-16(22-17)23(18(24)20-14)11-12-7-6-8-13(10-12)27-28(2,3)25/h6-8,10H,4-5,9,11H2,1-3H3,(H,20,24)(H2,19,21,22). The van der Waals surface area contributed by atoms with Crippen molar-refractivity contribution in [2.24, 2.45) is 0 Å². The third kappa shape index (κ3) is 4.72. The molecule has 0 amide bonds. The van der Waals surface area contributed by atoms with Gasteiger partial charge < -0.3 is 20.1 Å². The van der Waals surface area contributed by atoms with Gasteiger partial charge in [0.25, 0.3) is 6.01 Å². The van der Waals surface area contributed by atoms with Gasteiger partial charge in [0.15, 0.2) is 17.0 Å². The summed E-state index contributed by atoms with van der Waals surface area (Å²) in [5.41, 5.74) is 7.45. The number of aromatic nitrogens is 4. The minimum absolute atomic E-state index is 0.139. The average molecular weight is 405 g/mol. The van der Waals surface area contributed by atoms with Gasteiger partial charge >= 0.3 is 6.01 Å². The number of fused-ring (bicyclic) bond motifs is 1. The molecule has 0 atom stereocenters. The highest BCUT2D eigenvalue weighted by Gasteiger charge is 2.18. The summed E-state index contributed by atoms with van der Waals surface area (Å²) in [5.74, 6) is 0.632. The quantitative estimate of drug-likeness (QED) is 0.432. The predicted octanol–water partition coefficient (Wildman–Crippen LogP) is 3.26. The first-order valence-electron chi connectivity index (χ1n) is 8.96. The van der Waals surface area contributed by atoms with E-state index in [4.69, 9.17) is 15.0 Å². The first-order chi connectivity index (χ1) is 13.3. The van der Waals surface area contributed by atoms with Crippen molar-refractivity contribution in [3.05, 3.63) is 29.8 Å². The van der Waals surface area contributed by atoms with Gasteiger partial charge in [-0.15, -0.1) is 0 Å². The normalized spacial score (nSPS) is 11.7. The molecule has 0 bridgehead atoms. The summed E-state index contributed by atoms with van der Waals surface area (Å²) in [5, 5.41) is 10.3. The highest BCUT2D eigenvalue weighted by Crippen LogP contribution is 2.39. The minimum Gasteiger partial charge on any atom is -0.480 e. The summed E-state index contributed by atoms with van der Waals surface area (Å²) < 4.78 is 24.4. The molecule has 28 heavy (non-hydrogen) atoms. The fraction of sp³-hybridized carbons (Fsp3) is 0.389. The molecule has 0 unspecified atom stereocenters. The number of hydrogen-bond donors (Lipinski definition) is 2. The number of unbranched alkanes of at least 4 members (excludes halogenated alkanes) is 1. The van der Waals surface area contributed by atoms with E-state index in [0.717, 1.165) is 18.4 Å². The number of imidazole rings is 1. The summed E-state index contributed by atoms with van der Waals surface area (Å²) in [7, 11) is -2.68. The van der Waals surface area contributed by atoms with Crippen LogP contribution in [0.15, 0.2) is 24.3 Å². The van der Waals surface area contributed by atoms with E-state index in [1.165, 1.54) is 4.57 Å². The number of nitrogens with two attached hydrogens (primary N) is 1. The molecule has 3 N–H and O–H groups in total. The molecule has 3 rings (SSSR count). The monoisotopic (exact) mass is 405 g/mol. The van der Waals surface area contributed by atoms with Gasteiger partial charge in [0.2, 0.25) is 7.37 Å². The molecule has 3 aromatic rings. The molecule has 0 radical (unpaired) electrons. The smallest absolute Gasteiger partial charge is 0.320 e.